The Labute approximate surface area is 124 Å². The van der Waals surface area contributed by atoms with E-state index in [-0.39, 0.29) is 12.5 Å². The van der Waals surface area contributed by atoms with Crippen molar-refractivity contribution in [2.24, 2.45) is 0 Å². The SMILES string of the molecule is COC(=O)C(NCC(=O)N1CCOCC1)c1ccccc1. The average molecular weight is 292 g/mol. The molecule has 1 unspecified atom stereocenters. The van der Waals surface area contributed by atoms with Gasteiger partial charge in [0, 0.05) is 13.1 Å². The van der Waals surface area contributed by atoms with E-state index in [1.165, 1.54) is 7.11 Å². The highest BCUT2D eigenvalue weighted by atomic mass is 16.5. The van der Waals surface area contributed by atoms with Gasteiger partial charge in [0.1, 0.15) is 6.04 Å². The van der Waals surface area contributed by atoms with E-state index >= 15 is 0 Å². The Balaban J connectivity index is 1.96. The van der Waals surface area contributed by atoms with Crippen molar-refractivity contribution in [3.05, 3.63) is 35.9 Å². The van der Waals surface area contributed by atoms with Gasteiger partial charge in [-0.1, -0.05) is 30.3 Å². The second-order valence-electron chi connectivity index (χ2n) is 4.74. The maximum absolute atomic E-state index is 12.1. The lowest BCUT2D eigenvalue weighted by Crippen LogP contribution is -2.46. The zero-order valence-electron chi connectivity index (χ0n) is 12.1. The summed E-state index contributed by atoms with van der Waals surface area (Å²) in [5, 5.41) is 2.98. The van der Waals surface area contributed by atoms with Crippen molar-refractivity contribution in [1.29, 1.82) is 0 Å². The zero-order valence-corrected chi connectivity index (χ0v) is 12.1. The van der Waals surface area contributed by atoms with Crippen LogP contribution in [0.25, 0.3) is 0 Å². The molecule has 0 saturated carbocycles. The number of ether oxygens (including phenoxy) is 2. The maximum atomic E-state index is 12.1. The van der Waals surface area contributed by atoms with E-state index in [4.69, 9.17) is 9.47 Å². The summed E-state index contributed by atoms with van der Waals surface area (Å²) in [6.45, 7) is 2.40. The van der Waals surface area contributed by atoms with Gasteiger partial charge in [0.2, 0.25) is 5.91 Å². The number of amides is 1. The first-order valence-electron chi connectivity index (χ1n) is 6.94. The van der Waals surface area contributed by atoms with Gasteiger partial charge in [-0.05, 0) is 5.56 Å². The molecule has 1 heterocycles. The minimum Gasteiger partial charge on any atom is -0.468 e. The fraction of sp³-hybridized carbons (Fsp3) is 0.467. The van der Waals surface area contributed by atoms with Crippen molar-refractivity contribution >= 4 is 11.9 Å². The Bertz CT molecular complexity index is 472. The fourth-order valence-electron chi connectivity index (χ4n) is 2.21. The third-order valence-corrected chi connectivity index (χ3v) is 3.39. The molecule has 1 aliphatic heterocycles. The highest BCUT2D eigenvalue weighted by Crippen LogP contribution is 2.14. The first-order chi connectivity index (χ1) is 10.2. The lowest BCUT2D eigenvalue weighted by atomic mass is 10.1. The highest BCUT2D eigenvalue weighted by molar-refractivity contribution is 5.81. The molecule has 6 nitrogen and oxygen atoms in total. The number of morpholine rings is 1. The van der Waals surface area contributed by atoms with E-state index in [2.05, 4.69) is 5.32 Å². The number of hydrogen-bond acceptors (Lipinski definition) is 5. The van der Waals surface area contributed by atoms with Crippen molar-refractivity contribution in [2.45, 2.75) is 6.04 Å². The molecule has 0 aliphatic carbocycles. The molecule has 1 aromatic carbocycles. The summed E-state index contributed by atoms with van der Waals surface area (Å²) in [6, 6.07) is 8.58. The first kappa shape index (κ1) is 15.5. The van der Waals surface area contributed by atoms with Crippen LogP contribution in [-0.2, 0) is 19.1 Å². The standard InChI is InChI=1S/C15H20N2O4/c1-20-15(19)14(12-5-3-2-4-6-12)16-11-13(18)17-7-9-21-10-8-17/h2-6,14,16H,7-11H2,1H3. The molecule has 0 aromatic heterocycles. The number of carbonyl (C=O) groups is 2. The molecule has 1 N–H and O–H groups in total. The van der Waals surface area contributed by atoms with Gasteiger partial charge in [0.05, 0.1) is 26.9 Å². The van der Waals surface area contributed by atoms with Crippen LogP contribution in [0.3, 0.4) is 0 Å². The number of methoxy groups -OCH3 is 1. The number of esters is 1. The van der Waals surface area contributed by atoms with Gasteiger partial charge in [0.25, 0.3) is 0 Å². The van der Waals surface area contributed by atoms with Gasteiger partial charge in [-0.25, -0.2) is 4.79 Å². The summed E-state index contributed by atoms with van der Waals surface area (Å²) in [7, 11) is 1.34. The predicted molar refractivity (Wildman–Crippen MR) is 76.6 cm³/mol. The minimum atomic E-state index is -0.638. The lowest BCUT2D eigenvalue weighted by molar-refractivity contribution is -0.143. The van der Waals surface area contributed by atoms with Crippen molar-refractivity contribution in [3.8, 4) is 0 Å². The monoisotopic (exact) mass is 292 g/mol. The summed E-state index contributed by atoms with van der Waals surface area (Å²) >= 11 is 0. The van der Waals surface area contributed by atoms with Gasteiger partial charge in [-0.2, -0.15) is 0 Å². The minimum absolute atomic E-state index is 0.0388. The molecule has 1 amide bonds. The van der Waals surface area contributed by atoms with Crippen molar-refractivity contribution in [1.82, 2.24) is 10.2 Å². The molecular formula is C15H20N2O4. The van der Waals surface area contributed by atoms with Crippen LogP contribution in [0, 0.1) is 0 Å². The summed E-state index contributed by atoms with van der Waals surface area (Å²) in [5.74, 6) is -0.445. The fourth-order valence-corrected chi connectivity index (χ4v) is 2.21. The van der Waals surface area contributed by atoms with E-state index in [1.54, 1.807) is 4.90 Å². The van der Waals surface area contributed by atoms with Gasteiger partial charge in [0.15, 0.2) is 0 Å². The Hall–Kier alpha value is -1.92. The number of carbonyl (C=O) groups excluding carboxylic acids is 2. The second kappa shape index (κ2) is 7.75. The largest absolute Gasteiger partial charge is 0.468 e. The maximum Gasteiger partial charge on any atom is 0.327 e. The molecule has 6 heteroatoms. The molecule has 0 spiro atoms. The summed E-state index contributed by atoms with van der Waals surface area (Å²) < 4.78 is 10.0. The van der Waals surface area contributed by atoms with E-state index in [1.807, 2.05) is 30.3 Å². The third kappa shape index (κ3) is 4.27. The number of benzene rings is 1. The van der Waals surface area contributed by atoms with Crippen LogP contribution in [0.1, 0.15) is 11.6 Å². The number of hydrogen-bond donors (Lipinski definition) is 1. The van der Waals surface area contributed by atoms with Crippen LogP contribution in [-0.4, -0.2) is 56.7 Å². The molecule has 1 aromatic rings. The van der Waals surface area contributed by atoms with Crippen LogP contribution in [0.4, 0.5) is 0 Å². The smallest absolute Gasteiger partial charge is 0.327 e. The van der Waals surface area contributed by atoms with E-state index < -0.39 is 12.0 Å². The van der Waals surface area contributed by atoms with Crippen LogP contribution < -0.4 is 5.32 Å². The summed E-state index contributed by atoms with van der Waals surface area (Å²) in [5.41, 5.74) is 0.777. The van der Waals surface area contributed by atoms with E-state index in [0.29, 0.717) is 26.3 Å². The third-order valence-electron chi connectivity index (χ3n) is 3.39. The van der Waals surface area contributed by atoms with E-state index in [0.717, 1.165) is 5.56 Å². The van der Waals surface area contributed by atoms with E-state index in [9.17, 15) is 9.59 Å². The Morgan fingerprint density at radius 2 is 1.95 bits per heavy atom. The highest BCUT2D eigenvalue weighted by Gasteiger charge is 2.23. The molecule has 0 bridgehead atoms. The average Bonchev–Trinajstić information content (AvgIpc) is 2.56. The predicted octanol–water partition coefficient (Wildman–Crippen LogP) is 0.349. The van der Waals surface area contributed by atoms with Crippen molar-refractivity contribution in [2.75, 3.05) is 40.0 Å². The summed E-state index contributed by atoms with van der Waals surface area (Å²) in [4.78, 5) is 25.7. The molecule has 1 saturated heterocycles. The van der Waals surface area contributed by atoms with Crippen LogP contribution in [0.2, 0.25) is 0 Å². The molecule has 1 aliphatic rings. The number of nitrogens with one attached hydrogen (secondary N) is 1. The summed E-state index contributed by atoms with van der Waals surface area (Å²) in [6.07, 6.45) is 0. The first-order valence-corrected chi connectivity index (χ1v) is 6.94. The number of nitrogens with zero attached hydrogens (tertiary/aromatic N) is 1. The van der Waals surface area contributed by atoms with Crippen molar-refractivity contribution < 1.29 is 19.1 Å². The zero-order chi connectivity index (χ0) is 15.1. The quantitative estimate of drug-likeness (QED) is 0.793. The van der Waals surface area contributed by atoms with Crippen LogP contribution >= 0.6 is 0 Å². The van der Waals surface area contributed by atoms with Gasteiger partial charge >= 0.3 is 5.97 Å². The molecule has 2 rings (SSSR count). The normalized spacial score (nSPS) is 16.3. The lowest BCUT2D eigenvalue weighted by Gasteiger charge is -2.27. The Morgan fingerprint density at radius 1 is 1.29 bits per heavy atom. The van der Waals surface area contributed by atoms with Gasteiger partial charge < -0.3 is 14.4 Å². The molecule has 114 valence electrons. The molecule has 1 fully saturated rings. The Kier molecular flexibility index (Phi) is 5.71. The molecular weight excluding hydrogens is 272 g/mol. The Morgan fingerprint density at radius 3 is 2.57 bits per heavy atom. The molecule has 21 heavy (non-hydrogen) atoms. The molecule has 0 radical (unpaired) electrons. The molecule has 1 atom stereocenters. The van der Waals surface area contributed by atoms with Gasteiger partial charge in [-0.3, -0.25) is 10.1 Å². The van der Waals surface area contributed by atoms with Crippen LogP contribution in [0.15, 0.2) is 30.3 Å². The van der Waals surface area contributed by atoms with Crippen LogP contribution in [0.5, 0.6) is 0 Å². The number of rotatable bonds is 5. The second-order valence-corrected chi connectivity index (χ2v) is 4.74. The van der Waals surface area contributed by atoms with Crippen molar-refractivity contribution in [3.63, 3.8) is 0 Å². The van der Waals surface area contributed by atoms with Gasteiger partial charge in [-0.15, -0.1) is 0 Å². The topological polar surface area (TPSA) is 67.9 Å².